The number of carbonyl (C=O) groups is 2. The van der Waals surface area contributed by atoms with Crippen LogP contribution in [0, 0.1) is 6.92 Å². The molecule has 7 nitrogen and oxygen atoms in total. The highest BCUT2D eigenvalue weighted by Crippen LogP contribution is 2.57. The molecule has 0 aliphatic carbocycles. The Morgan fingerprint density at radius 2 is 1.70 bits per heavy atom. The molecule has 2 aliphatic heterocycles. The predicted octanol–water partition coefficient (Wildman–Crippen LogP) is 7.50. The third kappa shape index (κ3) is 3.88. The Balaban J connectivity index is 1.57. The van der Waals surface area contributed by atoms with Gasteiger partial charge in [-0.15, -0.1) is 0 Å². The Labute approximate surface area is 236 Å². The van der Waals surface area contributed by atoms with Gasteiger partial charge in [0.1, 0.15) is 11.5 Å². The molecule has 0 radical (unpaired) electrons. The normalized spacial score (nSPS) is 16.4. The zero-order valence-corrected chi connectivity index (χ0v) is 23.0. The number of nitrogens with zero attached hydrogens (tertiary/aromatic N) is 1. The van der Waals surface area contributed by atoms with E-state index in [1.165, 1.54) is 6.07 Å². The van der Waals surface area contributed by atoms with Crippen LogP contribution in [0.15, 0.2) is 72.8 Å². The highest BCUT2D eigenvalue weighted by molar-refractivity contribution is 6.31. The first-order valence-corrected chi connectivity index (χ1v) is 13.5. The molecule has 0 saturated carbocycles. The highest BCUT2D eigenvalue weighted by Gasteiger charge is 2.54. The molecule has 2 N–H and O–H groups in total. The van der Waals surface area contributed by atoms with E-state index in [0.29, 0.717) is 50.2 Å². The number of carbonyl (C=O) groups excluding carboxylic acids is 1. The fraction of sp³-hybridized carbons (Fsp3) is 0.188. The molecule has 6 rings (SSSR count). The molecular weight excluding hydrogens is 528 g/mol. The fourth-order valence-corrected chi connectivity index (χ4v) is 5.79. The first-order chi connectivity index (χ1) is 19.3. The quantitative estimate of drug-likeness (QED) is 0.238. The monoisotopic (exact) mass is 554 g/mol. The van der Waals surface area contributed by atoms with Gasteiger partial charge in [-0.05, 0) is 80.9 Å². The van der Waals surface area contributed by atoms with Crippen molar-refractivity contribution < 1.29 is 24.2 Å². The number of hydrogen-bond acceptors (Lipinski definition) is 6. The zero-order chi connectivity index (χ0) is 28.2. The van der Waals surface area contributed by atoms with E-state index in [4.69, 9.17) is 21.1 Å². The summed E-state index contributed by atoms with van der Waals surface area (Å²) in [6.07, 6.45) is 0. The largest absolute Gasteiger partial charge is 0.478 e. The zero-order valence-electron chi connectivity index (χ0n) is 22.2. The van der Waals surface area contributed by atoms with E-state index in [1.54, 1.807) is 36.4 Å². The Bertz CT molecular complexity index is 1700. The first kappa shape index (κ1) is 25.8. The standard InChI is InChI=1S/C32H27ClN2O5/c1-4-35(5-2)20-11-13-23-29(16-20)39-28-14-18(3)26(33)17-25(28)32(23)24-15-19(10-12-21(24)31(38)40-32)34-27-9-7-6-8-22(27)30(36)37/h6-17,34H,4-5H2,1-3H3,(H,36,37). The van der Waals surface area contributed by atoms with Crippen molar-refractivity contribution in [2.75, 3.05) is 23.3 Å². The summed E-state index contributed by atoms with van der Waals surface area (Å²) in [6.45, 7) is 7.75. The molecule has 2 heterocycles. The third-order valence-corrected chi connectivity index (χ3v) is 8.04. The van der Waals surface area contributed by atoms with Gasteiger partial charge < -0.3 is 24.8 Å². The van der Waals surface area contributed by atoms with Gasteiger partial charge in [0.2, 0.25) is 0 Å². The van der Waals surface area contributed by atoms with Gasteiger partial charge in [-0.3, -0.25) is 0 Å². The lowest BCUT2D eigenvalue weighted by Gasteiger charge is -2.37. The van der Waals surface area contributed by atoms with Gasteiger partial charge in [-0.1, -0.05) is 23.7 Å². The molecule has 0 saturated heterocycles. The van der Waals surface area contributed by atoms with Crippen molar-refractivity contribution in [3.8, 4) is 11.5 Å². The van der Waals surface area contributed by atoms with Gasteiger partial charge in [0, 0.05) is 52.2 Å². The second-order valence-electron chi connectivity index (χ2n) is 9.86. The number of rotatable bonds is 6. The molecule has 4 aromatic rings. The summed E-state index contributed by atoms with van der Waals surface area (Å²) in [5.41, 5.74) is 4.06. The molecule has 2 aliphatic rings. The van der Waals surface area contributed by atoms with Crippen LogP contribution in [0.3, 0.4) is 0 Å². The number of carboxylic acid groups (broad SMARTS) is 1. The molecule has 40 heavy (non-hydrogen) atoms. The van der Waals surface area contributed by atoms with E-state index < -0.39 is 17.5 Å². The summed E-state index contributed by atoms with van der Waals surface area (Å²) in [6, 6.07) is 21.6. The van der Waals surface area contributed by atoms with Crippen molar-refractivity contribution >= 4 is 40.6 Å². The number of nitrogens with one attached hydrogen (secondary N) is 1. The number of fused-ring (bicyclic) bond motifs is 6. The molecule has 0 aromatic heterocycles. The molecule has 0 amide bonds. The van der Waals surface area contributed by atoms with Crippen LogP contribution in [0.25, 0.3) is 0 Å². The lowest BCUT2D eigenvalue weighted by Crippen LogP contribution is -2.33. The number of benzene rings is 4. The number of aryl methyl sites for hydroxylation is 1. The van der Waals surface area contributed by atoms with Gasteiger partial charge in [-0.2, -0.15) is 0 Å². The molecule has 0 fully saturated rings. The van der Waals surface area contributed by atoms with E-state index >= 15 is 0 Å². The predicted molar refractivity (Wildman–Crippen MR) is 155 cm³/mol. The van der Waals surface area contributed by atoms with Gasteiger partial charge in [0.05, 0.1) is 16.8 Å². The maximum absolute atomic E-state index is 13.4. The van der Waals surface area contributed by atoms with Gasteiger partial charge in [0.25, 0.3) is 0 Å². The molecule has 0 bridgehead atoms. The minimum atomic E-state index is -1.31. The first-order valence-electron chi connectivity index (χ1n) is 13.1. The average Bonchev–Trinajstić information content (AvgIpc) is 3.23. The highest BCUT2D eigenvalue weighted by atomic mass is 35.5. The summed E-state index contributed by atoms with van der Waals surface area (Å²) in [7, 11) is 0. The number of aromatic carboxylic acids is 1. The van der Waals surface area contributed by atoms with Gasteiger partial charge >= 0.3 is 11.9 Å². The maximum atomic E-state index is 13.4. The lowest BCUT2D eigenvalue weighted by atomic mass is 9.77. The second kappa shape index (κ2) is 9.61. The molecule has 8 heteroatoms. The van der Waals surface area contributed by atoms with Crippen molar-refractivity contribution in [2.45, 2.75) is 26.4 Å². The number of anilines is 3. The smallest absolute Gasteiger partial charge is 0.340 e. The van der Waals surface area contributed by atoms with E-state index in [0.717, 1.165) is 24.3 Å². The fourth-order valence-electron chi connectivity index (χ4n) is 5.62. The topological polar surface area (TPSA) is 88.1 Å². The van der Waals surface area contributed by atoms with Crippen LogP contribution < -0.4 is 15.0 Å². The number of halogens is 1. The number of esters is 1. The van der Waals surface area contributed by atoms with Crippen LogP contribution in [0.5, 0.6) is 11.5 Å². The summed E-state index contributed by atoms with van der Waals surface area (Å²) >= 11 is 6.62. The van der Waals surface area contributed by atoms with Crippen molar-refractivity contribution in [1.29, 1.82) is 0 Å². The number of hydrogen-bond donors (Lipinski definition) is 2. The Morgan fingerprint density at radius 1 is 0.950 bits per heavy atom. The summed E-state index contributed by atoms with van der Waals surface area (Å²) < 4.78 is 12.8. The summed E-state index contributed by atoms with van der Waals surface area (Å²) in [5.74, 6) is -0.355. The van der Waals surface area contributed by atoms with Crippen LogP contribution in [0.4, 0.5) is 17.1 Å². The Hall–Kier alpha value is -4.49. The third-order valence-electron chi connectivity index (χ3n) is 7.63. The van der Waals surface area contributed by atoms with Crippen LogP contribution >= 0.6 is 11.6 Å². The van der Waals surface area contributed by atoms with E-state index in [9.17, 15) is 14.7 Å². The SMILES string of the molecule is CCN(CC)c1ccc2c(c1)Oc1cc(C)c(Cl)cc1C21OC(=O)c2ccc(Nc3ccccc3C(=O)O)cc21. The minimum Gasteiger partial charge on any atom is -0.478 e. The van der Waals surface area contributed by atoms with Gasteiger partial charge in [0.15, 0.2) is 5.60 Å². The van der Waals surface area contributed by atoms with E-state index in [1.807, 2.05) is 37.3 Å². The molecule has 4 aromatic carbocycles. The van der Waals surface area contributed by atoms with Crippen LogP contribution in [0.2, 0.25) is 5.02 Å². The summed E-state index contributed by atoms with van der Waals surface area (Å²) in [5, 5.41) is 13.4. The molecule has 202 valence electrons. The molecule has 1 unspecified atom stereocenters. The maximum Gasteiger partial charge on any atom is 0.340 e. The molecule has 1 spiro atoms. The average molecular weight is 555 g/mol. The summed E-state index contributed by atoms with van der Waals surface area (Å²) in [4.78, 5) is 27.4. The van der Waals surface area contributed by atoms with Crippen molar-refractivity contribution in [3.63, 3.8) is 0 Å². The van der Waals surface area contributed by atoms with Crippen LogP contribution in [-0.4, -0.2) is 30.1 Å². The van der Waals surface area contributed by atoms with Crippen molar-refractivity contribution in [2.24, 2.45) is 0 Å². The van der Waals surface area contributed by atoms with E-state index in [2.05, 4.69) is 24.1 Å². The number of ether oxygens (including phenoxy) is 2. The molecule has 1 atom stereocenters. The molecular formula is C32H27ClN2O5. The van der Waals surface area contributed by atoms with Crippen LogP contribution in [0.1, 0.15) is 56.8 Å². The number of carboxylic acids is 1. The van der Waals surface area contributed by atoms with Crippen LogP contribution in [-0.2, 0) is 10.3 Å². The second-order valence-corrected chi connectivity index (χ2v) is 10.3. The Morgan fingerprint density at radius 3 is 2.45 bits per heavy atom. The van der Waals surface area contributed by atoms with Crippen molar-refractivity contribution in [3.05, 3.63) is 111 Å². The van der Waals surface area contributed by atoms with E-state index in [-0.39, 0.29) is 5.56 Å². The van der Waals surface area contributed by atoms with Gasteiger partial charge in [-0.25, -0.2) is 9.59 Å². The minimum absolute atomic E-state index is 0.137. The number of para-hydroxylation sites is 1. The lowest BCUT2D eigenvalue weighted by molar-refractivity contribution is 0.0224. The Kier molecular flexibility index (Phi) is 6.19. The van der Waals surface area contributed by atoms with Crippen molar-refractivity contribution in [1.82, 2.24) is 0 Å².